The van der Waals surface area contributed by atoms with Crippen LogP contribution < -0.4 is 10.1 Å². The third kappa shape index (κ3) is 4.62. The fourth-order valence-corrected chi connectivity index (χ4v) is 4.01. The molecule has 2 heterocycles. The van der Waals surface area contributed by atoms with Crippen LogP contribution in [0.3, 0.4) is 0 Å². The van der Waals surface area contributed by atoms with E-state index in [1.807, 2.05) is 12.1 Å². The SMILES string of the molecule is Cc1nc(N[C@H](C)c2cccc(C(F)F)c2F)c2cc(O[C@H]3CCOC3)c(Br)cc2n1. The molecule has 0 unspecified atom stereocenters. The van der Waals surface area contributed by atoms with Crippen LogP contribution in [0.25, 0.3) is 10.9 Å². The number of hydrogen-bond donors (Lipinski definition) is 1. The van der Waals surface area contributed by atoms with Crippen molar-refractivity contribution >= 4 is 32.7 Å². The summed E-state index contributed by atoms with van der Waals surface area (Å²) in [7, 11) is 0. The maximum Gasteiger partial charge on any atom is 0.266 e. The van der Waals surface area contributed by atoms with Gasteiger partial charge >= 0.3 is 0 Å². The van der Waals surface area contributed by atoms with Crippen LogP contribution in [0.15, 0.2) is 34.8 Å². The first-order valence-electron chi connectivity index (χ1n) is 9.88. The van der Waals surface area contributed by atoms with Gasteiger partial charge in [0.05, 0.1) is 34.8 Å². The molecule has 1 N–H and O–H groups in total. The largest absolute Gasteiger partial charge is 0.487 e. The van der Waals surface area contributed by atoms with E-state index in [1.54, 1.807) is 13.8 Å². The second-order valence-corrected chi connectivity index (χ2v) is 8.29. The third-order valence-corrected chi connectivity index (χ3v) is 5.78. The Morgan fingerprint density at radius 2 is 2.00 bits per heavy atom. The average Bonchev–Trinajstić information content (AvgIpc) is 3.22. The minimum Gasteiger partial charge on any atom is -0.487 e. The fourth-order valence-electron chi connectivity index (χ4n) is 3.59. The van der Waals surface area contributed by atoms with Gasteiger partial charge in [-0.3, -0.25) is 0 Å². The van der Waals surface area contributed by atoms with Gasteiger partial charge in [-0.1, -0.05) is 18.2 Å². The van der Waals surface area contributed by atoms with Crippen LogP contribution in [0, 0.1) is 12.7 Å². The lowest BCUT2D eigenvalue weighted by molar-refractivity contribution is 0.141. The molecule has 9 heteroatoms. The first-order chi connectivity index (χ1) is 14.8. The Balaban J connectivity index is 1.70. The summed E-state index contributed by atoms with van der Waals surface area (Å²) in [5.74, 6) is 0.697. The molecule has 0 aliphatic carbocycles. The van der Waals surface area contributed by atoms with Crippen molar-refractivity contribution in [2.75, 3.05) is 18.5 Å². The zero-order valence-electron chi connectivity index (χ0n) is 17.0. The molecular formula is C22H21BrF3N3O2. The zero-order chi connectivity index (χ0) is 22.1. The zero-order valence-corrected chi connectivity index (χ0v) is 18.5. The van der Waals surface area contributed by atoms with E-state index in [0.717, 1.165) is 17.0 Å². The Labute approximate surface area is 186 Å². The number of aryl methyl sites for hydroxylation is 1. The first-order valence-corrected chi connectivity index (χ1v) is 10.7. The normalized spacial score (nSPS) is 17.3. The molecule has 0 radical (unpaired) electrons. The smallest absolute Gasteiger partial charge is 0.266 e. The highest BCUT2D eigenvalue weighted by Crippen LogP contribution is 2.35. The minimum absolute atomic E-state index is 0.0402. The van der Waals surface area contributed by atoms with Gasteiger partial charge < -0.3 is 14.8 Å². The fraction of sp³-hybridized carbons (Fsp3) is 0.364. The van der Waals surface area contributed by atoms with Gasteiger partial charge in [0.25, 0.3) is 6.43 Å². The number of anilines is 1. The molecule has 4 rings (SSSR count). The number of halogens is 4. The molecule has 1 aromatic heterocycles. The number of alkyl halides is 2. The summed E-state index contributed by atoms with van der Waals surface area (Å²) in [5.41, 5.74) is 0.193. The van der Waals surface area contributed by atoms with E-state index >= 15 is 0 Å². The predicted molar refractivity (Wildman–Crippen MR) is 115 cm³/mol. The van der Waals surface area contributed by atoms with E-state index in [0.29, 0.717) is 41.5 Å². The van der Waals surface area contributed by atoms with Gasteiger partial charge in [0.1, 0.15) is 29.3 Å². The van der Waals surface area contributed by atoms with Crippen molar-refractivity contribution in [3.8, 4) is 5.75 Å². The number of nitrogens with one attached hydrogen (secondary N) is 1. The van der Waals surface area contributed by atoms with Crippen LogP contribution in [-0.4, -0.2) is 29.3 Å². The van der Waals surface area contributed by atoms with E-state index < -0.39 is 23.8 Å². The minimum atomic E-state index is -2.88. The molecular weight excluding hydrogens is 475 g/mol. The maximum atomic E-state index is 14.6. The Kier molecular flexibility index (Phi) is 6.34. The Bertz CT molecular complexity index is 1110. The lowest BCUT2D eigenvalue weighted by Gasteiger charge is -2.19. The molecule has 1 saturated heterocycles. The Hall–Kier alpha value is -2.39. The summed E-state index contributed by atoms with van der Waals surface area (Å²) >= 11 is 3.53. The molecule has 31 heavy (non-hydrogen) atoms. The number of nitrogens with zero attached hydrogens (tertiary/aromatic N) is 2. The highest BCUT2D eigenvalue weighted by atomic mass is 79.9. The molecule has 1 fully saturated rings. The molecule has 2 atom stereocenters. The number of rotatable bonds is 6. The van der Waals surface area contributed by atoms with Crippen molar-refractivity contribution in [1.29, 1.82) is 0 Å². The van der Waals surface area contributed by atoms with Crippen LogP contribution >= 0.6 is 15.9 Å². The molecule has 5 nitrogen and oxygen atoms in total. The molecule has 0 bridgehead atoms. The van der Waals surface area contributed by atoms with Crippen LogP contribution in [0.5, 0.6) is 5.75 Å². The number of benzene rings is 2. The molecule has 164 valence electrons. The second-order valence-electron chi connectivity index (χ2n) is 7.44. The monoisotopic (exact) mass is 495 g/mol. The quantitative estimate of drug-likeness (QED) is 0.446. The first kappa shape index (κ1) is 21.8. The van der Waals surface area contributed by atoms with Crippen LogP contribution in [-0.2, 0) is 4.74 Å². The van der Waals surface area contributed by atoms with Gasteiger partial charge in [-0.15, -0.1) is 0 Å². The second kappa shape index (κ2) is 9.00. The van der Waals surface area contributed by atoms with E-state index in [1.165, 1.54) is 12.1 Å². The van der Waals surface area contributed by atoms with E-state index in [-0.39, 0.29) is 11.7 Å². The van der Waals surface area contributed by atoms with Gasteiger partial charge in [-0.25, -0.2) is 23.1 Å². The number of ether oxygens (including phenoxy) is 2. The van der Waals surface area contributed by atoms with Gasteiger partial charge in [0.15, 0.2) is 0 Å². The lowest BCUT2D eigenvalue weighted by Crippen LogP contribution is -2.16. The molecule has 0 amide bonds. The molecule has 3 aromatic rings. The number of aromatic nitrogens is 2. The Morgan fingerprint density at radius 3 is 2.71 bits per heavy atom. The summed E-state index contributed by atoms with van der Waals surface area (Å²) < 4.78 is 53.0. The average molecular weight is 496 g/mol. The summed E-state index contributed by atoms with van der Waals surface area (Å²) in [5, 5.41) is 3.84. The molecule has 1 aliphatic rings. The van der Waals surface area contributed by atoms with Crippen molar-refractivity contribution in [3.63, 3.8) is 0 Å². The highest BCUT2D eigenvalue weighted by molar-refractivity contribution is 9.10. The summed E-state index contributed by atoms with van der Waals surface area (Å²) in [4.78, 5) is 8.94. The predicted octanol–water partition coefficient (Wildman–Crippen LogP) is 6.12. The van der Waals surface area contributed by atoms with Crippen LogP contribution in [0.2, 0.25) is 0 Å². The maximum absolute atomic E-state index is 14.6. The van der Waals surface area contributed by atoms with E-state index in [4.69, 9.17) is 9.47 Å². The van der Waals surface area contributed by atoms with Crippen LogP contribution in [0.4, 0.5) is 19.0 Å². The van der Waals surface area contributed by atoms with Crippen molar-refractivity contribution in [3.05, 3.63) is 57.6 Å². The Morgan fingerprint density at radius 1 is 1.23 bits per heavy atom. The summed E-state index contributed by atoms with van der Waals surface area (Å²) in [6, 6.07) is 7.05. The molecule has 0 spiro atoms. The van der Waals surface area contributed by atoms with Crippen molar-refractivity contribution in [1.82, 2.24) is 9.97 Å². The van der Waals surface area contributed by atoms with Crippen molar-refractivity contribution < 1.29 is 22.6 Å². The number of fused-ring (bicyclic) bond motifs is 1. The van der Waals surface area contributed by atoms with Gasteiger partial charge in [0.2, 0.25) is 0 Å². The van der Waals surface area contributed by atoms with E-state index in [9.17, 15) is 13.2 Å². The van der Waals surface area contributed by atoms with Crippen molar-refractivity contribution in [2.45, 2.75) is 38.8 Å². The van der Waals surface area contributed by atoms with Gasteiger partial charge in [-0.05, 0) is 41.9 Å². The summed E-state index contributed by atoms with van der Waals surface area (Å²) in [6.45, 7) is 4.63. The van der Waals surface area contributed by atoms with Gasteiger partial charge in [0, 0.05) is 17.4 Å². The molecule has 2 aromatic carbocycles. The number of hydrogen-bond acceptors (Lipinski definition) is 5. The van der Waals surface area contributed by atoms with Crippen LogP contribution in [0.1, 0.15) is 42.8 Å². The van der Waals surface area contributed by atoms with Crippen molar-refractivity contribution in [2.24, 2.45) is 0 Å². The lowest BCUT2D eigenvalue weighted by atomic mass is 10.0. The van der Waals surface area contributed by atoms with E-state index in [2.05, 4.69) is 31.2 Å². The molecule has 0 saturated carbocycles. The molecule has 1 aliphatic heterocycles. The standard InChI is InChI=1S/C22H21BrF3N3O2/c1-11(14-4-3-5-15(20(14)24)21(25)26)27-22-16-8-19(31-13-6-7-30-10-13)17(23)9-18(16)28-12(2)29-22/h3-5,8-9,11,13,21H,6-7,10H2,1-2H3,(H,27,28,29)/t11-,13+/m1/s1. The van der Waals surface area contributed by atoms with Gasteiger partial charge in [-0.2, -0.15) is 0 Å². The topological polar surface area (TPSA) is 56.3 Å². The summed E-state index contributed by atoms with van der Waals surface area (Å²) in [6.07, 6.45) is -2.12. The third-order valence-electron chi connectivity index (χ3n) is 5.16. The highest BCUT2D eigenvalue weighted by Gasteiger charge is 2.22.